The number of amides is 3. The van der Waals surface area contributed by atoms with Crippen molar-refractivity contribution in [2.45, 2.75) is 63.6 Å². The standard InChI is InChI=1S/C21H27FN4O3/c1-23-15-6-3-4-7-16(15)24(2)17-11-10-13-14(20(17)22)12-25(21(13)29)26-18(27)8-5-9-19(26)28/h10-11,15-16,23H,3-9,12H2,1-2H3/t15-,16-/m0/s1. The summed E-state index contributed by atoms with van der Waals surface area (Å²) in [4.78, 5) is 39.2. The number of rotatable bonds is 4. The number of halogens is 1. The predicted molar refractivity (Wildman–Crippen MR) is 105 cm³/mol. The van der Waals surface area contributed by atoms with Crippen LogP contribution in [0.5, 0.6) is 0 Å². The molecule has 3 amide bonds. The molecule has 1 aromatic carbocycles. The van der Waals surface area contributed by atoms with Crippen LogP contribution in [0.4, 0.5) is 10.1 Å². The lowest BCUT2D eigenvalue weighted by Crippen LogP contribution is -2.52. The second-order valence-corrected chi connectivity index (χ2v) is 8.10. The van der Waals surface area contributed by atoms with Crippen LogP contribution in [0.15, 0.2) is 12.1 Å². The molecule has 29 heavy (non-hydrogen) atoms. The van der Waals surface area contributed by atoms with Crippen LogP contribution < -0.4 is 10.2 Å². The van der Waals surface area contributed by atoms with Crippen LogP contribution in [-0.2, 0) is 16.1 Å². The number of hydrogen-bond donors (Lipinski definition) is 1. The number of anilines is 1. The van der Waals surface area contributed by atoms with E-state index in [4.69, 9.17) is 0 Å². The molecule has 2 aliphatic heterocycles. The maximum Gasteiger partial charge on any atom is 0.273 e. The molecule has 0 spiro atoms. The smallest absolute Gasteiger partial charge is 0.273 e. The molecule has 1 saturated carbocycles. The third kappa shape index (κ3) is 3.29. The molecular weight excluding hydrogens is 375 g/mol. The number of hydrazine groups is 1. The fourth-order valence-corrected chi connectivity index (χ4v) is 4.86. The molecule has 0 aromatic heterocycles. The van der Waals surface area contributed by atoms with Crippen LogP contribution in [0.25, 0.3) is 0 Å². The highest BCUT2D eigenvalue weighted by molar-refractivity contribution is 6.04. The highest BCUT2D eigenvalue weighted by Gasteiger charge is 2.41. The van der Waals surface area contributed by atoms with Crippen molar-refractivity contribution in [1.82, 2.24) is 15.3 Å². The molecule has 0 radical (unpaired) electrons. The van der Waals surface area contributed by atoms with Crippen molar-refractivity contribution in [3.8, 4) is 0 Å². The average molecular weight is 402 g/mol. The molecule has 1 N–H and O–H groups in total. The van der Waals surface area contributed by atoms with Crippen LogP contribution in [0, 0.1) is 5.82 Å². The Bertz CT molecular complexity index is 843. The number of hydrogen-bond acceptors (Lipinski definition) is 5. The summed E-state index contributed by atoms with van der Waals surface area (Å²) in [5, 5.41) is 5.34. The van der Waals surface area contributed by atoms with Gasteiger partial charge in [0, 0.05) is 43.1 Å². The molecule has 0 bridgehead atoms. The van der Waals surface area contributed by atoms with Gasteiger partial charge in [-0.2, -0.15) is 5.01 Å². The van der Waals surface area contributed by atoms with E-state index in [1.807, 2.05) is 19.0 Å². The number of carbonyl (C=O) groups excluding carboxylic acids is 3. The minimum atomic E-state index is -0.498. The number of carbonyl (C=O) groups is 3. The zero-order valence-electron chi connectivity index (χ0n) is 16.9. The highest BCUT2D eigenvalue weighted by atomic mass is 19.1. The molecule has 2 atom stereocenters. The van der Waals surface area contributed by atoms with Crippen molar-refractivity contribution in [2.24, 2.45) is 0 Å². The second kappa shape index (κ2) is 7.74. The van der Waals surface area contributed by atoms with Gasteiger partial charge in [0.15, 0.2) is 5.82 Å². The van der Waals surface area contributed by atoms with Crippen LogP contribution >= 0.6 is 0 Å². The number of piperidine rings is 1. The molecule has 2 fully saturated rings. The van der Waals surface area contributed by atoms with E-state index in [-0.39, 0.29) is 42.6 Å². The lowest BCUT2D eigenvalue weighted by atomic mass is 9.89. The maximum atomic E-state index is 15.5. The predicted octanol–water partition coefficient (Wildman–Crippen LogP) is 2.20. The summed E-state index contributed by atoms with van der Waals surface area (Å²) in [6.07, 6.45) is 5.20. The summed E-state index contributed by atoms with van der Waals surface area (Å²) in [5.74, 6) is -1.75. The quantitative estimate of drug-likeness (QED) is 0.782. The van der Waals surface area contributed by atoms with E-state index >= 15 is 4.39 Å². The Labute approximate surface area is 169 Å². The lowest BCUT2D eigenvalue weighted by Gasteiger charge is -2.39. The third-order valence-electron chi connectivity index (χ3n) is 6.47. The second-order valence-electron chi connectivity index (χ2n) is 8.10. The van der Waals surface area contributed by atoms with Crippen LogP contribution in [-0.4, -0.2) is 53.9 Å². The summed E-state index contributed by atoms with van der Waals surface area (Å²) in [6, 6.07) is 3.70. The van der Waals surface area contributed by atoms with Gasteiger partial charge in [0.2, 0.25) is 11.8 Å². The van der Waals surface area contributed by atoms with Gasteiger partial charge in [0.25, 0.3) is 5.91 Å². The number of benzene rings is 1. The Morgan fingerprint density at radius 2 is 1.76 bits per heavy atom. The Morgan fingerprint density at radius 3 is 2.45 bits per heavy atom. The van der Waals surface area contributed by atoms with Gasteiger partial charge in [0.05, 0.1) is 12.2 Å². The van der Waals surface area contributed by atoms with E-state index in [1.165, 1.54) is 0 Å². The van der Waals surface area contributed by atoms with Gasteiger partial charge in [-0.1, -0.05) is 12.8 Å². The van der Waals surface area contributed by atoms with Gasteiger partial charge in [-0.05, 0) is 38.4 Å². The highest BCUT2D eigenvalue weighted by Crippen LogP contribution is 2.35. The summed E-state index contributed by atoms with van der Waals surface area (Å²) >= 11 is 0. The summed E-state index contributed by atoms with van der Waals surface area (Å²) in [5.41, 5.74) is 0.920. The molecule has 2 heterocycles. The first-order valence-electron chi connectivity index (χ1n) is 10.3. The number of nitrogens with one attached hydrogen (secondary N) is 1. The van der Waals surface area contributed by atoms with Crippen LogP contribution in [0.3, 0.4) is 0 Å². The molecule has 7 nitrogen and oxygen atoms in total. The van der Waals surface area contributed by atoms with Gasteiger partial charge in [-0.15, -0.1) is 0 Å². The summed E-state index contributed by atoms with van der Waals surface area (Å²) in [7, 11) is 3.82. The summed E-state index contributed by atoms with van der Waals surface area (Å²) < 4.78 is 15.5. The van der Waals surface area contributed by atoms with Crippen molar-refractivity contribution in [3.63, 3.8) is 0 Å². The zero-order valence-corrected chi connectivity index (χ0v) is 16.9. The fourth-order valence-electron chi connectivity index (χ4n) is 4.86. The first-order valence-corrected chi connectivity index (χ1v) is 10.3. The Hall–Kier alpha value is -2.48. The van der Waals surface area contributed by atoms with Crippen molar-refractivity contribution < 1.29 is 18.8 Å². The minimum Gasteiger partial charge on any atom is -0.368 e. The largest absolute Gasteiger partial charge is 0.368 e. The normalized spacial score (nSPS) is 24.9. The number of nitrogens with zero attached hydrogens (tertiary/aromatic N) is 3. The van der Waals surface area contributed by atoms with Crippen molar-refractivity contribution in [3.05, 3.63) is 29.1 Å². The topological polar surface area (TPSA) is 73.0 Å². The minimum absolute atomic E-state index is 0.0979. The molecule has 156 valence electrons. The van der Waals surface area contributed by atoms with E-state index in [2.05, 4.69) is 5.32 Å². The molecule has 3 aliphatic rings. The zero-order chi connectivity index (χ0) is 20.7. The number of likely N-dealkylation sites (N-methyl/N-ethyl adjacent to an activating group) is 2. The van der Waals surface area contributed by atoms with Gasteiger partial charge >= 0.3 is 0 Å². The Balaban J connectivity index is 1.63. The Morgan fingerprint density at radius 1 is 1.07 bits per heavy atom. The van der Waals surface area contributed by atoms with Crippen LogP contribution in [0.1, 0.15) is 60.9 Å². The monoisotopic (exact) mass is 402 g/mol. The Kier molecular flexibility index (Phi) is 5.29. The van der Waals surface area contributed by atoms with E-state index in [9.17, 15) is 14.4 Å². The van der Waals surface area contributed by atoms with Gasteiger partial charge < -0.3 is 10.2 Å². The SMILES string of the molecule is CN[C@H]1CCCC[C@@H]1N(C)c1ccc2c(c1F)CN(N1C(=O)CCCC1=O)C2=O. The van der Waals surface area contributed by atoms with E-state index < -0.39 is 23.5 Å². The first kappa shape index (κ1) is 19.8. The average Bonchev–Trinajstić information content (AvgIpc) is 3.05. The van der Waals surface area contributed by atoms with E-state index in [0.29, 0.717) is 12.1 Å². The number of imide groups is 1. The van der Waals surface area contributed by atoms with Gasteiger partial charge in [0.1, 0.15) is 0 Å². The van der Waals surface area contributed by atoms with E-state index in [1.54, 1.807) is 12.1 Å². The van der Waals surface area contributed by atoms with Crippen molar-refractivity contribution in [2.75, 3.05) is 19.0 Å². The molecular formula is C21H27FN4O3. The third-order valence-corrected chi connectivity index (χ3v) is 6.47. The summed E-state index contributed by atoms with van der Waals surface area (Å²) in [6.45, 7) is -0.0979. The molecule has 1 saturated heterocycles. The molecule has 4 rings (SSSR count). The number of fused-ring (bicyclic) bond motifs is 1. The van der Waals surface area contributed by atoms with Gasteiger partial charge in [-0.3, -0.25) is 14.4 Å². The molecule has 0 unspecified atom stereocenters. The molecule has 8 heteroatoms. The first-order chi connectivity index (χ1) is 13.9. The van der Waals surface area contributed by atoms with Gasteiger partial charge in [-0.25, -0.2) is 9.40 Å². The molecule has 1 aromatic rings. The van der Waals surface area contributed by atoms with Crippen molar-refractivity contribution >= 4 is 23.4 Å². The maximum absolute atomic E-state index is 15.5. The van der Waals surface area contributed by atoms with Crippen molar-refractivity contribution in [1.29, 1.82) is 0 Å². The fraction of sp³-hybridized carbons (Fsp3) is 0.571. The molecule has 1 aliphatic carbocycles. The lowest BCUT2D eigenvalue weighted by molar-refractivity contribution is -0.163. The van der Waals surface area contributed by atoms with Crippen LogP contribution in [0.2, 0.25) is 0 Å². The van der Waals surface area contributed by atoms with E-state index in [0.717, 1.165) is 35.7 Å².